The summed E-state index contributed by atoms with van der Waals surface area (Å²) in [6, 6.07) is 13.0. The van der Waals surface area contributed by atoms with Crippen molar-refractivity contribution in [2.75, 3.05) is 23.7 Å². The molecule has 0 spiro atoms. The lowest BCUT2D eigenvalue weighted by molar-refractivity contribution is -0.122. The number of hydrogen-bond acceptors (Lipinski definition) is 6. The van der Waals surface area contributed by atoms with Gasteiger partial charge in [0, 0.05) is 43.3 Å². The number of benzene rings is 2. The van der Waals surface area contributed by atoms with E-state index in [0.717, 1.165) is 34.9 Å². The minimum absolute atomic E-state index is 0.00116. The van der Waals surface area contributed by atoms with Gasteiger partial charge in [0.05, 0.1) is 29.1 Å². The van der Waals surface area contributed by atoms with Crippen molar-refractivity contribution >= 4 is 39.0 Å². The quantitative estimate of drug-likeness (QED) is 0.274. The van der Waals surface area contributed by atoms with Crippen LogP contribution in [0, 0.1) is 0 Å². The highest BCUT2D eigenvalue weighted by molar-refractivity contribution is 7.92. The summed E-state index contributed by atoms with van der Waals surface area (Å²) in [5, 5.41) is 25.2. The molecular formula is C29H40N4O6S. The van der Waals surface area contributed by atoms with E-state index in [1.165, 1.54) is 4.31 Å². The van der Waals surface area contributed by atoms with Crippen molar-refractivity contribution in [3.05, 3.63) is 65.4 Å². The standard InChI is InChI=1S/C28H38N4O4S.CH2O2/c1-5-19(3)29-17-26(33)24(14-20-10-8-7-9-11-20)30-28(34)22-15-23-21(6-2)18-32-12-13-37(35,36)31(4)25(16-22)27(23)32;2-1-3/h7-11,15-16,18-19,24,26,29,33H,5-6,12-14,17H2,1-4H3,(H,30,34);1H,(H,2,3)/t19-,24-,26+;/m0./s1. The summed E-state index contributed by atoms with van der Waals surface area (Å²) in [4.78, 5) is 22.0. The van der Waals surface area contributed by atoms with E-state index >= 15 is 0 Å². The SMILES string of the molecule is CCc1cn2c3c(cc(C(=O)N[C@@H](Cc4ccccc4)[C@H](O)CN[C@@H](C)CC)cc13)N(C)S(=O)(=O)CC2.O=CO. The highest BCUT2D eigenvalue weighted by Gasteiger charge is 2.29. The van der Waals surface area contributed by atoms with E-state index in [4.69, 9.17) is 9.90 Å². The van der Waals surface area contributed by atoms with Crippen molar-refractivity contribution in [1.82, 2.24) is 15.2 Å². The minimum atomic E-state index is -3.51. The van der Waals surface area contributed by atoms with Crippen LogP contribution in [0.15, 0.2) is 48.7 Å². The minimum Gasteiger partial charge on any atom is -0.483 e. The topological polar surface area (TPSA) is 141 Å². The molecule has 40 heavy (non-hydrogen) atoms. The van der Waals surface area contributed by atoms with E-state index in [1.807, 2.05) is 54.1 Å². The van der Waals surface area contributed by atoms with Crippen molar-refractivity contribution in [2.45, 2.75) is 64.8 Å². The van der Waals surface area contributed by atoms with Crippen LogP contribution in [0.25, 0.3) is 10.9 Å². The molecule has 0 saturated carbocycles. The van der Waals surface area contributed by atoms with Gasteiger partial charge < -0.3 is 25.4 Å². The number of aryl methyl sites for hydroxylation is 2. The number of anilines is 1. The normalized spacial score (nSPS) is 16.3. The first kappa shape index (κ1) is 31.1. The molecule has 0 radical (unpaired) electrons. The van der Waals surface area contributed by atoms with Crippen LogP contribution in [0.3, 0.4) is 0 Å². The fourth-order valence-electron chi connectivity index (χ4n) is 4.83. The van der Waals surface area contributed by atoms with Crippen LogP contribution >= 0.6 is 0 Å². The van der Waals surface area contributed by atoms with E-state index in [9.17, 15) is 18.3 Å². The lowest BCUT2D eigenvalue weighted by Gasteiger charge is -2.26. The number of sulfonamides is 1. The highest BCUT2D eigenvalue weighted by atomic mass is 32.2. The first-order chi connectivity index (χ1) is 19.1. The Labute approximate surface area is 236 Å². The van der Waals surface area contributed by atoms with Gasteiger partial charge in [0.15, 0.2) is 0 Å². The molecule has 10 nitrogen and oxygen atoms in total. The Kier molecular flexibility index (Phi) is 10.7. The molecule has 0 bridgehead atoms. The van der Waals surface area contributed by atoms with Gasteiger partial charge in [-0.1, -0.05) is 44.2 Å². The molecule has 1 amide bonds. The number of hydrogen-bond donors (Lipinski definition) is 4. The highest BCUT2D eigenvalue weighted by Crippen LogP contribution is 2.35. The number of carbonyl (C=O) groups is 2. The first-order valence-electron chi connectivity index (χ1n) is 13.5. The second kappa shape index (κ2) is 13.8. The smallest absolute Gasteiger partial charge is 0.290 e. The predicted octanol–water partition coefficient (Wildman–Crippen LogP) is 2.77. The Morgan fingerprint density at radius 2 is 1.85 bits per heavy atom. The van der Waals surface area contributed by atoms with Gasteiger partial charge in [0.1, 0.15) is 0 Å². The monoisotopic (exact) mass is 572 g/mol. The van der Waals surface area contributed by atoms with Gasteiger partial charge in [-0.2, -0.15) is 0 Å². The number of amides is 1. The molecule has 11 heteroatoms. The number of aromatic nitrogens is 1. The summed E-state index contributed by atoms with van der Waals surface area (Å²) in [6.45, 7) is 6.65. The molecule has 3 aromatic rings. The van der Waals surface area contributed by atoms with E-state index in [1.54, 1.807) is 13.1 Å². The van der Waals surface area contributed by atoms with Crippen LogP contribution in [0.1, 0.15) is 48.7 Å². The van der Waals surface area contributed by atoms with Crippen molar-refractivity contribution in [1.29, 1.82) is 0 Å². The molecule has 1 aliphatic rings. The van der Waals surface area contributed by atoms with Crippen molar-refractivity contribution in [3.63, 3.8) is 0 Å². The largest absolute Gasteiger partial charge is 0.483 e. The van der Waals surface area contributed by atoms with Gasteiger partial charge >= 0.3 is 0 Å². The van der Waals surface area contributed by atoms with Crippen LogP contribution in [0.4, 0.5) is 5.69 Å². The van der Waals surface area contributed by atoms with Gasteiger partial charge in [-0.05, 0) is 49.4 Å². The molecule has 3 atom stereocenters. The fraction of sp³-hybridized carbons (Fsp3) is 0.448. The van der Waals surface area contributed by atoms with Crippen molar-refractivity contribution < 1.29 is 28.2 Å². The van der Waals surface area contributed by atoms with Gasteiger partial charge in [-0.15, -0.1) is 0 Å². The number of aliphatic hydroxyl groups excluding tert-OH is 1. The van der Waals surface area contributed by atoms with Gasteiger partial charge in [-0.3, -0.25) is 13.9 Å². The molecule has 4 N–H and O–H groups in total. The van der Waals surface area contributed by atoms with Gasteiger partial charge in [-0.25, -0.2) is 8.42 Å². The van der Waals surface area contributed by atoms with Crippen LogP contribution in [-0.2, 0) is 34.2 Å². The Bertz CT molecular complexity index is 1410. The molecule has 1 aliphatic heterocycles. The predicted molar refractivity (Wildman–Crippen MR) is 157 cm³/mol. The average Bonchev–Trinajstić information content (AvgIpc) is 3.27. The lowest BCUT2D eigenvalue weighted by atomic mass is 9.99. The number of nitrogens with one attached hydrogen (secondary N) is 2. The van der Waals surface area contributed by atoms with Crippen LogP contribution in [0.2, 0.25) is 0 Å². The zero-order chi connectivity index (χ0) is 29.4. The Balaban J connectivity index is 0.00000141. The third-order valence-electron chi connectivity index (χ3n) is 7.39. The van der Waals surface area contributed by atoms with Gasteiger partial charge in [0.25, 0.3) is 12.4 Å². The number of rotatable bonds is 10. The first-order valence-corrected chi connectivity index (χ1v) is 15.1. The average molecular weight is 573 g/mol. The molecule has 0 unspecified atom stereocenters. The second-order valence-electron chi connectivity index (χ2n) is 10.0. The van der Waals surface area contributed by atoms with E-state index in [-0.39, 0.29) is 24.2 Å². The third-order valence-corrected chi connectivity index (χ3v) is 9.12. The fourth-order valence-corrected chi connectivity index (χ4v) is 5.97. The summed E-state index contributed by atoms with van der Waals surface area (Å²) in [7, 11) is -1.96. The van der Waals surface area contributed by atoms with Crippen LogP contribution in [-0.4, -0.2) is 73.1 Å². The van der Waals surface area contributed by atoms with E-state index < -0.39 is 22.2 Å². The molecule has 0 aliphatic carbocycles. The maximum atomic E-state index is 13.6. The maximum Gasteiger partial charge on any atom is 0.290 e. The maximum absolute atomic E-state index is 13.6. The Morgan fingerprint density at radius 3 is 2.48 bits per heavy atom. The molecule has 4 rings (SSSR count). The molecule has 2 heterocycles. The number of aliphatic hydroxyl groups is 1. The molecule has 218 valence electrons. The molecule has 2 aromatic carbocycles. The third kappa shape index (κ3) is 7.21. The van der Waals surface area contributed by atoms with Crippen molar-refractivity contribution in [2.24, 2.45) is 0 Å². The second-order valence-corrected chi connectivity index (χ2v) is 12.2. The summed E-state index contributed by atoms with van der Waals surface area (Å²) in [5.41, 5.74) is 3.78. The zero-order valence-electron chi connectivity index (χ0n) is 23.5. The summed E-state index contributed by atoms with van der Waals surface area (Å²) in [5.74, 6) is -0.340. The van der Waals surface area contributed by atoms with Gasteiger partial charge in [0.2, 0.25) is 10.0 Å². The Morgan fingerprint density at radius 1 is 1.18 bits per heavy atom. The number of carbonyl (C=O) groups excluding carboxylic acids is 1. The van der Waals surface area contributed by atoms with E-state index in [2.05, 4.69) is 24.5 Å². The number of carboxylic acid groups (broad SMARTS) is 1. The van der Waals surface area contributed by atoms with Crippen molar-refractivity contribution in [3.8, 4) is 0 Å². The molecule has 0 saturated heterocycles. The zero-order valence-corrected chi connectivity index (χ0v) is 24.3. The lowest BCUT2D eigenvalue weighted by Crippen LogP contribution is -2.49. The van der Waals surface area contributed by atoms with Crippen LogP contribution < -0.4 is 14.9 Å². The van der Waals surface area contributed by atoms with Crippen LogP contribution in [0.5, 0.6) is 0 Å². The molecule has 0 fully saturated rings. The Hall–Kier alpha value is -3.41. The molecule has 1 aromatic heterocycles. The summed E-state index contributed by atoms with van der Waals surface area (Å²) < 4.78 is 28.9. The summed E-state index contributed by atoms with van der Waals surface area (Å²) >= 11 is 0. The molecular weight excluding hydrogens is 532 g/mol. The number of nitrogens with zero attached hydrogens (tertiary/aromatic N) is 2. The van der Waals surface area contributed by atoms with E-state index in [0.29, 0.717) is 30.8 Å². The summed E-state index contributed by atoms with van der Waals surface area (Å²) in [6.07, 6.45) is 3.35.